The summed E-state index contributed by atoms with van der Waals surface area (Å²) in [4.78, 5) is 15.3. The van der Waals surface area contributed by atoms with Crippen LogP contribution in [0, 0.1) is 6.92 Å². The zero-order chi connectivity index (χ0) is 17.0. The molecule has 0 aliphatic heterocycles. The number of anilines is 1. The van der Waals surface area contributed by atoms with Crippen molar-refractivity contribution in [3.05, 3.63) is 52.3 Å². The fourth-order valence-corrected chi connectivity index (χ4v) is 3.67. The number of halogens is 1. The van der Waals surface area contributed by atoms with E-state index in [1.165, 1.54) is 19.2 Å². The Bertz CT molecular complexity index is 800. The number of hydrogen-bond acceptors (Lipinski definition) is 5. The van der Waals surface area contributed by atoms with Crippen molar-refractivity contribution in [3.63, 3.8) is 0 Å². The number of esters is 1. The molecule has 0 atom stereocenters. The topological polar surface area (TPSA) is 85.4 Å². The summed E-state index contributed by atoms with van der Waals surface area (Å²) in [6.45, 7) is 1.78. The first-order valence-electron chi connectivity index (χ1n) is 6.63. The third-order valence-electron chi connectivity index (χ3n) is 3.16. The quantitative estimate of drug-likeness (QED) is 0.617. The van der Waals surface area contributed by atoms with Crippen LogP contribution in [0.15, 0.2) is 46.0 Å². The summed E-state index contributed by atoms with van der Waals surface area (Å²) in [5, 5.41) is 0. The standard InChI is InChI=1S/C15H15BrN2O4S/c1-10-7-8-17-15(16)14(10)18-23(20,21)12-5-3-11(4-6-12)9-13(19)22-2/h3-8,18H,9H2,1-2H3. The summed E-state index contributed by atoms with van der Waals surface area (Å²) in [5.41, 5.74) is 1.82. The van der Waals surface area contributed by atoms with Crippen LogP contribution < -0.4 is 4.72 Å². The number of hydrogen-bond donors (Lipinski definition) is 1. The van der Waals surface area contributed by atoms with E-state index >= 15 is 0 Å². The fraction of sp³-hybridized carbons (Fsp3) is 0.200. The number of rotatable bonds is 5. The van der Waals surface area contributed by atoms with Gasteiger partial charge >= 0.3 is 5.97 Å². The van der Waals surface area contributed by atoms with Crippen molar-refractivity contribution < 1.29 is 17.9 Å². The average molecular weight is 399 g/mol. The molecule has 0 bridgehead atoms. The second-order valence-electron chi connectivity index (χ2n) is 4.80. The molecule has 0 aliphatic rings. The molecular weight excluding hydrogens is 384 g/mol. The summed E-state index contributed by atoms with van der Waals surface area (Å²) in [6.07, 6.45) is 1.68. The van der Waals surface area contributed by atoms with Crippen LogP contribution in [0.5, 0.6) is 0 Å². The van der Waals surface area contributed by atoms with Crippen molar-refractivity contribution in [2.24, 2.45) is 0 Å². The zero-order valence-electron chi connectivity index (χ0n) is 12.5. The van der Waals surface area contributed by atoms with E-state index in [0.717, 1.165) is 5.56 Å². The van der Waals surface area contributed by atoms with E-state index in [1.54, 1.807) is 31.3 Å². The highest BCUT2D eigenvalue weighted by atomic mass is 79.9. The maximum atomic E-state index is 12.4. The largest absolute Gasteiger partial charge is 0.469 e. The van der Waals surface area contributed by atoms with Crippen LogP contribution in [0.2, 0.25) is 0 Å². The van der Waals surface area contributed by atoms with Crippen molar-refractivity contribution in [1.29, 1.82) is 0 Å². The molecule has 1 N–H and O–H groups in total. The molecule has 8 heteroatoms. The summed E-state index contributed by atoms with van der Waals surface area (Å²) in [6, 6.07) is 7.76. The first-order valence-corrected chi connectivity index (χ1v) is 8.91. The predicted octanol–water partition coefficient (Wildman–Crippen LogP) is 2.67. The first-order chi connectivity index (χ1) is 10.8. The van der Waals surface area contributed by atoms with Crippen molar-refractivity contribution in [3.8, 4) is 0 Å². The van der Waals surface area contributed by atoms with Crippen molar-refractivity contribution in [1.82, 2.24) is 4.98 Å². The molecule has 23 heavy (non-hydrogen) atoms. The van der Waals surface area contributed by atoms with Gasteiger partial charge in [0.05, 0.1) is 24.1 Å². The molecule has 0 saturated carbocycles. The highest BCUT2D eigenvalue weighted by molar-refractivity contribution is 9.10. The molecule has 2 rings (SSSR count). The maximum absolute atomic E-state index is 12.4. The summed E-state index contributed by atoms with van der Waals surface area (Å²) in [7, 11) is -2.44. The molecule has 0 saturated heterocycles. The van der Waals surface area contributed by atoms with E-state index in [1.807, 2.05) is 0 Å². The number of carbonyl (C=O) groups excluding carboxylic acids is 1. The molecule has 122 valence electrons. The van der Waals surface area contributed by atoms with Crippen LogP contribution in [0.1, 0.15) is 11.1 Å². The molecule has 0 unspecified atom stereocenters. The minimum atomic E-state index is -3.75. The minimum absolute atomic E-state index is 0.0948. The van der Waals surface area contributed by atoms with Crippen molar-refractivity contribution >= 4 is 37.6 Å². The Kier molecular flexibility index (Phi) is 5.38. The van der Waals surface area contributed by atoms with E-state index in [2.05, 4.69) is 30.4 Å². The number of benzene rings is 1. The lowest BCUT2D eigenvalue weighted by Crippen LogP contribution is -2.14. The van der Waals surface area contributed by atoms with E-state index in [4.69, 9.17) is 0 Å². The Balaban J connectivity index is 2.25. The van der Waals surface area contributed by atoms with Crippen molar-refractivity contribution in [2.75, 3.05) is 11.8 Å². The molecule has 2 aromatic rings. The molecule has 0 aliphatic carbocycles. The molecule has 6 nitrogen and oxygen atoms in total. The number of nitrogens with zero attached hydrogens (tertiary/aromatic N) is 1. The number of sulfonamides is 1. The van der Waals surface area contributed by atoms with Gasteiger partial charge in [0, 0.05) is 6.20 Å². The lowest BCUT2D eigenvalue weighted by atomic mass is 10.2. The second-order valence-corrected chi connectivity index (χ2v) is 7.23. The minimum Gasteiger partial charge on any atom is -0.469 e. The zero-order valence-corrected chi connectivity index (χ0v) is 14.9. The summed E-state index contributed by atoms with van der Waals surface area (Å²) >= 11 is 3.23. The maximum Gasteiger partial charge on any atom is 0.309 e. The fourth-order valence-electron chi connectivity index (χ4n) is 1.87. The lowest BCUT2D eigenvalue weighted by Gasteiger charge is -2.12. The first kappa shape index (κ1) is 17.4. The molecular formula is C15H15BrN2O4S. The van der Waals surface area contributed by atoms with Gasteiger partial charge in [-0.2, -0.15) is 0 Å². The molecule has 1 heterocycles. The van der Waals surface area contributed by atoms with E-state index in [9.17, 15) is 13.2 Å². The predicted molar refractivity (Wildman–Crippen MR) is 89.6 cm³/mol. The van der Waals surface area contributed by atoms with Crippen LogP contribution in [-0.4, -0.2) is 26.5 Å². The molecule has 0 fully saturated rings. The Morgan fingerprint density at radius 3 is 2.48 bits per heavy atom. The Hall–Kier alpha value is -1.93. The second kappa shape index (κ2) is 7.10. The normalized spacial score (nSPS) is 11.1. The monoisotopic (exact) mass is 398 g/mol. The van der Waals surface area contributed by atoms with Gasteiger partial charge in [-0.1, -0.05) is 12.1 Å². The summed E-state index contributed by atoms with van der Waals surface area (Å²) < 4.78 is 32.4. The van der Waals surface area contributed by atoms with Gasteiger partial charge in [0.2, 0.25) is 0 Å². The van der Waals surface area contributed by atoms with Gasteiger partial charge in [0.25, 0.3) is 10.0 Å². The highest BCUT2D eigenvalue weighted by Gasteiger charge is 2.17. The van der Waals surface area contributed by atoms with Gasteiger partial charge < -0.3 is 4.74 Å². The SMILES string of the molecule is COC(=O)Cc1ccc(S(=O)(=O)Nc2c(C)ccnc2Br)cc1. The Morgan fingerprint density at radius 1 is 1.26 bits per heavy atom. The number of carbonyl (C=O) groups is 1. The molecule has 0 spiro atoms. The van der Waals surface area contributed by atoms with Crippen LogP contribution in [0.4, 0.5) is 5.69 Å². The van der Waals surface area contributed by atoms with Crippen molar-refractivity contribution in [2.45, 2.75) is 18.2 Å². The number of methoxy groups -OCH3 is 1. The van der Waals surface area contributed by atoms with Crippen LogP contribution >= 0.6 is 15.9 Å². The molecule has 1 aromatic heterocycles. The molecule has 1 aromatic carbocycles. The third-order valence-corrected chi connectivity index (χ3v) is 5.13. The van der Waals surface area contributed by atoms with E-state index in [0.29, 0.717) is 15.9 Å². The van der Waals surface area contributed by atoms with Gasteiger partial charge in [-0.3, -0.25) is 9.52 Å². The number of pyridine rings is 1. The lowest BCUT2D eigenvalue weighted by molar-refractivity contribution is -0.139. The summed E-state index contributed by atoms with van der Waals surface area (Å²) in [5.74, 6) is -0.381. The number of aryl methyl sites for hydroxylation is 1. The van der Waals surface area contributed by atoms with E-state index in [-0.39, 0.29) is 17.3 Å². The van der Waals surface area contributed by atoms with Gasteiger partial charge in [-0.05, 0) is 52.2 Å². The van der Waals surface area contributed by atoms with Crippen LogP contribution in [-0.2, 0) is 26.0 Å². The van der Waals surface area contributed by atoms with Crippen LogP contribution in [0.3, 0.4) is 0 Å². The smallest absolute Gasteiger partial charge is 0.309 e. The average Bonchev–Trinajstić information content (AvgIpc) is 2.51. The number of aromatic nitrogens is 1. The Labute approximate surface area is 143 Å². The molecule has 0 amide bonds. The number of nitrogens with one attached hydrogen (secondary N) is 1. The molecule has 0 radical (unpaired) electrons. The Morgan fingerprint density at radius 2 is 1.91 bits per heavy atom. The van der Waals surface area contributed by atoms with Gasteiger partial charge in [-0.25, -0.2) is 13.4 Å². The third kappa shape index (κ3) is 4.29. The van der Waals surface area contributed by atoms with E-state index < -0.39 is 10.0 Å². The number of ether oxygens (including phenoxy) is 1. The van der Waals surface area contributed by atoms with Gasteiger partial charge in [0.15, 0.2) is 0 Å². The highest BCUT2D eigenvalue weighted by Crippen LogP contribution is 2.26. The van der Waals surface area contributed by atoms with Gasteiger partial charge in [-0.15, -0.1) is 0 Å². The van der Waals surface area contributed by atoms with Gasteiger partial charge in [0.1, 0.15) is 4.60 Å². The van der Waals surface area contributed by atoms with Crippen LogP contribution in [0.25, 0.3) is 0 Å².